The average molecular weight is 249 g/mol. The third kappa shape index (κ3) is 3.38. The summed E-state index contributed by atoms with van der Waals surface area (Å²) in [7, 11) is 0. The SMILES string of the molecule is CC1CN(CC(=O)c2ccccc2)CC(CO)O1. The molecule has 0 saturated carbocycles. The molecule has 2 rings (SSSR count). The zero-order chi connectivity index (χ0) is 13.0. The predicted octanol–water partition coefficient (Wildman–Crippen LogP) is 0.951. The van der Waals surface area contributed by atoms with Gasteiger partial charge in [-0.25, -0.2) is 0 Å². The molecule has 4 nitrogen and oxygen atoms in total. The molecule has 0 radical (unpaired) electrons. The molecule has 1 heterocycles. The van der Waals surface area contributed by atoms with Crippen LogP contribution >= 0.6 is 0 Å². The van der Waals surface area contributed by atoms with Crippen molar-refractivity contribution in [2.75, 3.05) is 26.2 Å². The molecule has 2 unspecified atom stereocenters. The van der Waals surface area contributed by atoms with Gasteiger partial charge in [0.1, 0.15) is 0 Å². The Labute approximate surface area is 107 Å². The molecule has 1 aliphatic rings. The van der Waals surface area contributed by atoms with E-state index < -0.39 is 0 Å². The molecule has 0 bridgehead atoms. The molecule has 1 N–H and O–H groups in total. The lowest BCUT2D eigenvalue weighted by molar-refractivity contribution is -0.0926. The van der Waals surface area contributed by atoms with E-state index in [1.807, 2.05) is 42.2 Å². The van der Waals surface area contributed by atoms with Gasteiger partial charge in [0.25, 0.3) is 0 Å². The van der Waals surface area contributed by atoms with Crippen LogP contribution in [0.3, 0.4) is 0 Å². The second-order valence-corrected chi connectivity index (χ2v) is 4.73. The van der Waals surface area contributed by atoms with Crippen molar-refractivity contribution in [2.45, 2.75) is 19.1 Å². The van der Waals surface area contributed by atoms with Crippen LogP contribution in [0.15, 0.2) is 30.3 Å². The van der Waals surface area contributed by atoms with Gasteiger partial charge in [-0.2, -0.15) is 0 Å². The van der Waals surface area contributed by atoms with Crippen molar-refractivity contribution in [3.8, 4) is 0 Å². The number of hydrogen-bond donors (Lipinski definition) is 1. The van der Waals surface area contributed by atoms with Gasteiger partial charge >= 0.3 is 0 Å². The van der Waals surface area contributed by atoms with E-state index in [0.717, 1.165) is 12.1 Å². The molecule has 1 aromatic carbocycles. The highest BCUT2D eigenvalue weighted by Crippen LogP contribution is 2.11. The molecule has 0 aliphatic carbocycles. The lowest BCUT2D eigenvalue weighted by atomic mass is 10.1. The molecule has 1 aromatic rings. The summed E-state index contributed by atoms with van der Waals surface area (Å²) in [5.74, 6) is 0.112. The summed E-state index contributed by atoms with van der Waals surface area (Å²) in [5, 5.41) is 9.14. The van der Waals surface area contributed by atoms with E-state index in [-0.39, 0.29) is 24.6 Å². The first kappa shape index (κ1) is 13.2. The number of carbonyl (C=O) groups is 1. The highest BCUT2D eigenvalue weighted by atomic mass is 16.5. The number of aliphatic hydroxyl groups is 1. The first-order chi connectivity index (χ1) is 8.69. The van der Waals surface area contributed by atoms with Crippen LogP contribution in [0.5, 0.6) is 0 Å². The number of hydrogen-bond acceptors (Lipinski definition) is 4. The lowest BCUT2D eigenvalue weighted by Crippen LogP contribution is -2.49. The fraction of sp³-hybridized carbons (Fsp3) is 0.500. The average Bonchev–Trinajstić information content (AvgIpc) is 2.39. The van der Waals surface area contributed by atoms with Crippen LogP contribution in [0.1, 0.15) is 17.3 Å². The summed E-state index contributed by atoms with van der Waals surface area (Å²) in [6.45, 7) is 3.69. The Balaban J connectivity index is 1.95. The number of morpholine rings is 1. The number of aliphatic hydroxyl groups excluding tert-OH is 1. The van der Waals surface area contributed by atoms with E-state index in [1.165, 1.54) is 0 Å². The maximum absolute atomic E-state index is 12.1. The van der Waals surface area contributed by atoms with Crippen molar-refractivity contribution in [3.05, 3.63) is 35.9 Å². The van der Waals surface area contributed by atoms with Crippen LogP contribution in [0, 0.1) is 0 Å². The van der Waals surface area contributed by atoms with Gasteiger partial charge < -0.3 is 9.84 Å². The first-order valence-corrected chi connectivity index (χ1v) is 6.26. The van der Waals surface area contributed by atoms with Crippen molar-refractivity contribution in [1.29, 1.82) is 0 Å². The highest BCUT2D eigenvalue weighted by Gasteiger charge is 2.26. The second kappa shape index (κ2) is 6.09. The summed E-state index contributed by atoms with van der Waals surface area (Å²) in [5.41, 5.74) is 0.734. The van der Waals surface area contributed by atoms with E-state index >= 15 is 0 Å². The number of carbonyl (C=O) groups excluding carboxylic acids is 1. The largest absolute Gasteiger partial charge is 0.394 e. The zero-order valence-electron chi connectivity index (χ0n) is 10.6. The minimum Gasteiger partial charge on any atom is -0.394 e. The second-order valence-electron chi connectivity index (χ2n) is 4.73. The number of ether oxygens (including phenoxy) is 1. The van der Waals surface area contributed by atoms with Crippen molar-refractivity contribution in [3.63, 3.8) is 0 Å². The third-order valence-corrected chi connectivity index (χ3v) is 3.07. The molecule has 1 fully saturated rings. The zero-order valence-corrected chi connectivity index (χ0v) is 10.6. The molecule has 4 heteroatoms. The number of Topliss-reactive ketones (excluding diaryl/α,β-unsaturated/α-hetero) is 1. The number of benzene rings is 1. The molecule has 0 aromatic heterocycles. The fourth-order valence-electron chi connectivity index (χ4n) is 2.29. The fourth-order valence-corrected chi connectivity index (χ4v) is 2.29. The molecule has 0 spiro atoms. The van der Waals surface area contributed by atoms with Crippen molar-refractivity contribution < 1.29 is 14.6 Å². The van der Waals surface area contributed by atoms with Crippen molar-refractivity contribution in [1.82, 2.24) is 4.90 Å². The van der Waals surface area contributed by atoms with Gasteiger partial charge in [0, 0.05) is 18.7 Å². The Bertz CT molecular complexity index is 393. The number of ketones is 1. The summed E-state index contributed by atoms with van der Waals surface area (Å²) in [6, 6.07) is 9.29. The Morgan fingerprint density at radius 1 is 1.39 bits per heavy atom. The highest BCUT2D eigenvalue weighted by molar-refractivity contribution is 5.97. The molecular formula is C14H19NO3. The summed E-state index contributed by atoms with van der Waals surface area (Å²) in [4.78, 5) is 14.1. The van der Waals surface area contributed by atoms with E-state index in [0.29, 0.717) is 13.1 Å². The normalized spacial score (nSPS) is 25.0. The van der Waals surface area contributed by atoms with E-state index in [2.05, 4.69) is 0 Å². The Hall–Kier alpha value is -1.23. The minimum absolute atomic E-state index is 0.000365. The van der Waals surface area contributed by atoms with E-state index in [9.17, 15) is 4.79 Å². The standard InChI is InChI=1S/C14H19NO3/c1-11-7-15(8-13(10-16)18-11)9-14(17)12-5-3-2-4-6-12/h2-6,11,13,16H,7-10H2,1H3. The molecule has 1 saturated heterocycles. The quantitative estimate of drug-likeness (QED) is 0.807. The van der Waals surface area contributed by atoms with E-state index in [1.54, 1.807) is 0 Å². The topological polar surface area (TPSA) is 49.8 Å². The van der Waals surface area contributed by atoms with Gasteiger partial charge in [-0.05, 0) is 6.92 Å². The lowest BCUT2D eigenvalue weighted by Gasteiger charge is -2.35. The molecule has 18 heavy (non-hydrogen) atoms. The third-order valence-electron chi connectivity index (χ3n) is 3.07. The summed E-state index contributed by atoms with van der Waals surface area (Å²) < 4.78 is 5.55. The number of rotatable bonds is 4. The van der Waals surface area contributed by atoms with Crippen LogP contribution in [-0.2, 0) is 4.74 Å². The monoisotopic (exact) mass is 249 g/mol. The number of nitrogens with zero attached hydrogens (tertiary/aromatic N) is 1. The maximum Gasteiger partial charge on any atom is 0.176 e. The summed E-state index contributed by atoms with van der Waals surface area (Å²) >= 11 is 0. The molecule has 0 amide bonds. The first-order valence-electron chi connectivity index (χ1n) is 6.26. The molecular weight excluding hydrogens is 230 g/mol. The van der Waals surface area contributed by atoms with Crippen LogP contribution < -0.4 is 0 Å². The van der Waals surface area contributed by atoms with Crippen molar-refractivity contribution in [2.24, 2.45) is 0 Å². The van der Waals surface area contributed by atoms with Gasteiger partial charge in [0.15, 0.2) is 5.78 Å². The van der Waals surface area contributed by atoms with Gasteiger partial charge in [-0.1, -0.05) is 30.3 Å². The smallest absolute Gasteiger partial charge is 0.176 e. The van der Waals surface area contributed by atoms with Crippen LogP contribution in [0.25, 0.3) is 0 Å². The molecule has 1 aliphatic heterocycles. The van der Waals surface area contributed by atoms with Crippen molar-refractivity contribution >= 4 is 5.78 Å². The van der Waals surface area contributed by atoms with Crippen LogP contribution in [0.4, 0.5) is 0 Å². The predicted molar refractivity (Wildman–Crippen MR) is 68.6 cm³/mol. The Morgan fingerprint density at radius 2 is 2.11 bits per heavy atom. The van der Waals surface area contributed by atoms with Gasteiger partial charge in [-0.15, -0.1) is 0 Å². The summed E-state index contributed by atoms with van der Waals surface area (Å²) in [6.07, 6.45) is -0.128. The molecule has 98 valence electrons. The van der Waals surface area contributed by atoms with Crippen LogP contribution in [0.2, 0.25) is 0 Å². The van der Waals surface area contributed by atoms with Gasteiger partial charge in [0.2, 0.25) is 0 Å². The Morgan fingerprint density at radius 3 is 2.78 bits per heavy atom. The van der Waals surface area contributed by atoms with Gasteiger partial charge in [0.05, 0.1) is 25.4 Å². The van der Waals surface area contributed by atoms with Gasteiger partial charge in [-0.3, -0.25) is 9.69 Å². The Kier molecular flexibility index (Phi) is 4.47. The van der Waals surface area contributed by atoms with Crippen LogP contribution in [-0.4, -0.2) is 54.2 Å². The minimum atomic E-state index is -0.183. The molecule has 2 atom stereocenters. The maximum atomic E-state index is 12.1. The van der Waals surface area contributed by atoms with E-state index in [4.69, 9.17) is 9.84 Å².